The summed E-state index contributed by atoms with van der Waals surface area (Å²) < 4.78 is 0. The van der Waals surface area contributed by atoms with Crippen LogP contribution in [-0.4, -0.2) is 35.6 Å². The van der Waals surface area contributed by atoms with E-state index in [1.165, 1.54) is 57.8 Å². The van der Waals surface area contributed by atoms with Gasteiger partial charge in [-0.2, -0.15) is 0 Å². The van der Waals surface area contributed by atoms with Crippen LogP contribution in [0, 0.1) is 34.5 Å². The summed E-state index contributed by atoms with van der Waals surface area (Å²) in [5, 5.41) is 9.15. The van der Waals surface area contributed by atoms with Crippen molar-refractivity contribution in [3.05, 3.63) is 11.6 Å². The smallest absolute Gasteiger partial charge is 0.306 e. The van der Waals surface area contributed by atoms with Gasteiger partial charge in [-0.25, -0.2) is 0 Å². The quantitative estimate of drug-likeness (QED) is 0.543. The molecule has 3 heteroatoms. The van der Waals surface area contributed by atoms with E-state index in [-0.39, 0.29) is 5.92 Å². The maximum Gasteiger partial charge on any atom is 0.306 e. The van der Waals surface area contributed by atoms with Gasteiger partial charge >= 0.3 is 5.97 Å². The Labute approximate surface area is 178 Å². The molecule has 0 aromatic heterocycles. The van der Waals surface area contributed by atoms with Crippen LogP contribution in [0.1, 0.15) is 91.4 Å². The highest BCUT2D eigenvalue weighted by Gasteiger charge is 2.58. The van der Waals surface area contributed by atoms with E-state index in [2.05, 4.69) is 31.9 Å². The Bertz CT molecular complexity index is 657. The highest BCUT2D eigenvalue weighted by Crippen LogP contribution is 2.65. The molecule has 164 valence electrons. The molecule has 29 heavy (non-hydrogen) atoms. The molecular weight excluding hydrogens is 358 g/mol. The fourth-order valence-corrected chi connectivity index (χ4v) is 8.32. The second-order valence-corrected chi connectivity index (χ2v) is 11.5. The Morgan fingerprint density at radius 1 is 1.21 bits per heavy atom. The topological polar surface area (TPSA) is 40.5 Å². The molecule has 4 aliphatic carbocycles. The summed E-state index contributed by atoms with van der Waals surface area (Å²) in [5.74, 6) is 1.82. The number of fused-ring (bicyclic) bond motifs is 5. The monoisotopic (exact) mass is 401 g/mol. The van der Waals surface area contributed by atoms with E-state index < -0.39 is 5.97 Å². The third kappa shape index (κ3) is 3.60. The molecule has 4 rings (SSSR count). The number of carboxylic acids is 1. The molecule has 0 aromatic carbocycles. The van der Waals surface area contributed by atoms with Crippen LogP contribution in [0.15, 0.2) is 11.6 Å². The van der Waals surface area contributed by atoms with Crippen molar-refractivity contribution in [1.82, 2.24) is 4.90 Å². The van der Waals surface area contributed by atoms with E-state index in [0.29, 0.717) is 16.9 Å². The third-order valence-electron chi connectivity index (χ3n) is 10.1. The van der Waals surface area contributed by atoms with E-state index in [1.54, 1.807) is 0 Å². The lowest BCUT2D eigenvalue weighted by atomic mass is 9.48. The largest absolute Gasteiger partial charge is 0.481 e. The minimum absolute atomic E-state index is 0.217. The number of hydrogen-bond acceptors (Lipinski definition) is 2. The maximum absolute atomic E-state index is 11.1. The first-order valence-electron chi connectivity index (χ1n) is 12.4. The molecule has 7 atom stereocenters. The van der Waals surface area contributed by atoms with Gasteiger partial charge in [-0.05, 0) is 106 Å². The number of carboxylic acid groups (broad SMARTS) is 1. The van der Waals surface area contributed by atoms with Crippen LogP contribution in [0.25, 0.3) is 0 Å². The van der Waals surface area contributed by atoms with Gasteiger partial charge in [-0.3, -0.25) is 4.79 Å². The van der Waals surface area contributed by atoms with Crippen LogP contribution in [0.5, 0.6) is 0 Å². The van der Waals surface area contributed by atoms with Crippen molar-refractivity contribution in [3.63, 3.8) is 0 Å². The minimum Gasteiger partial charge on any atom is -0.481 e. The number of rotatable bonds is 6. The first-order valence-corrected chi connectivity index (χ1v) is 12.4. The van der Waals surface area contributed by atoms with E-state index in [0.717, 1.165) is 37.1 Å². The summed E-state index contributed by atoms with van der Waals surface area (Å²) in [4.78, 5) is 13.7. The number of hydrogen-bond donors (Lipinski definition) is 1. The van der Waals surface area contributed by atoms with E-state index in [4.69, 9.17) is 5.11 Å². The van der Waals surface area contributed by atoms with Crippen LogP contribution in [-0.2, 0) is 4.79 Å². The van der Waals surface area contributed by atoms with Crippen molar-refractivity contribution in [3.8, 4) is 0 Å². The second kappa shape index (κ2) is 8.02. The average molecular weight is 402 g/mol. The molecular formula is C26H43NO2. The fourth-order valence-electron chi connectivity index (χ4n) is 8.32. The molecule has 0 bridgehead atoms. The Kier molecular flexibility index (Phi) is 5.92. The normalized spacial score (nSPS) is 42.6. The molecule has 0 heterocycles. The molecule has 0 amide bonds. The van der Waals surface area contributed by atoms with Gasteiger partial charge in [0.1, 0.15) is 0 Å². The Morgan fingerprint density at radius 2 is 2.00 bits per heavy atom. The third-order valence-corrected chi connectivity index (χ3v) is 10.1. The van der Waals surface area contributed by atoms with Gasteiger partial charge in [0.15, 0.2) is 0 Å². The lowest BCUT2D eigenvalue weighted by Gasteiger charge is -2.58. The van der Waals surface area contributed by atoms with Crippen LogP contribution in [0.2, 0.25) is 0 Å². The van der Waals surface area contributed by atoms with Crippen LogP contribution in [0.4, 0.5) is 0 Å². The van der Waals surface area contributed by atoms with Crippen LogP contribution >= 0.6 is 0 Å². The molecule has 4 aliphatic rings. The average Bonchev–Trinajstić information content (AvgIpc) is 3.04. The standard InChI is InChI=1S/C26H43NO2/c1-18(24(28)29)8-7-17-27(4)23-13-12-21-20-11-10-19-9-5-6-15-25(19,2)22(20)14-16-26(21,23)3/h10,18,20-23H,5-9,11-17H2,1-4H3,(H,28,29). The number of carbonyl (C=O) groups is 1. The minimum atomic E-state index is -0.653. The predicted molar refractivity (Wildman–Crippen MR) is 119 cm³/mol. The number of aliphatic carboxylic acids is 1. The van der Waals surface area contributed by atoms with Gasteiger partial charge < -0.3 is 10.0 Å². The lowest BCUT2D eigenvalue weighted by Crippen LogP contribution is -2.53. The van der Waals surface area contributed by atoms with Gasteiger partial charge in [0.2, 0.25) is 0 Å². The second-order valence-electron chi connectivity index (χ2n) is 11.5. The summed E-state index contributed by atoms with van der Waals surface area (Å²) >= 11 is 0. The van der Waals surface area contributed by atoms with Crippen molar-refractivity contribution in [2.45, 2.75) is 97.4 Å². The van der Waals surface area contributed by atoms with Gasteiger partial charge in [0.25, 0.3) is 0 Å². The molecule has 0 saturated heterocycles. The molecule has 7 unspecified atom stereocenters. The number of nitrogens with zero attached hydrogens (tertiary/aromatic N) is 1. The SMILES string of the molecule is CC(CCCN(C)C1CCC2C3CC=C4CCCCC4(C)C3CCC21C)C(=O)O. The molecule has 1 N–H and O–H groups in total. The van der Waals surface area contributed by atoms with Crippen molar-refractivity contribution in [2.75, 3.05) is 13.6 Å². The van der Waals surface area contributed by atoms with Crippen LogP contribution in [0.3, 0.4) is 0 Å². The molecule has 3 nitrogen and oxygen atoms in total. The van der Waals surface area contributed by atoms with Crippen molar-refractivity contribution in [1.29, 1.82) is 0 Å². The molecule has 0 spiro atoms. The van der Waals surface area contributed by atoms with E-state index in [1.807, 2.05) is 12.5 Å². The van der Waals surface area contributed by atoms with Crippen molar-refractivity contribution in [2.24, 2.45) is 34.5 Å². The Morgan fingerprint density at radius 3 is 2.76 bits per heavy atom. The Hall–Kier alpha value is -0.830. The lowest BCUT2D eigenvalue weighted by molar-refractivity contribution is -0.141. The molecule has 3 fully saturated rings. The van der Waals surface area contributed by atoms with Crippen molar-refractivity contribution < 1.29 is 9.90 Å². The molecule has 3 saturated carbocycles. The highest BCUT2D eigenvalue weighted by atomic mass is 16.4. The summed E-state index contributed by atoms with van der Waals surface area (Å²) in [6, 6.07) is 0.679. The maximum atomic E-state index is 11.1. The summed E-state index contributed by atoms with van der Waals surface area (Å²) in [5.41, 5.74) is 2.76. The zero-order chi connectivity index (χ0) is 20.8. The van der Waals surface area contributed by atoms with E-state index in [9.17, 15) is 4.79 Å². The van der Waals surface area contributed by atoms with Gasteiger partial charge in [-0.15, -0.1) is 0 Å². The van der Waals surface area contributed by atoms with Gasteiger partial charge in [0.05, 0.1) is 5.92 Å². The summed E-state index contributed by atoms with van der Waals surface area (Å²) in [7, 11) is 2.30. The van der Waals surface area contributed by atoms with Crippen LogP contribution < -0.4 is 0 Å². The zero-order valence-electron chi connectivity index (χ0n) is 19.3. The molecule has 0 radical (unpaired) electrons. The molecule has 0 aliphatic heterocycles. The first kappa shape index (κ1) is 21.4. The van der Waals surface area contributed by atoms with E-state index >= 15 is 0 Å². The van der Waals surface area contributed by atoms with Gasteiger partial charge in [-0.1, -0.05) is 38.8 Å². The molecule has 0 aromatic rings. The van der Waals surface area contributed by atoms with Crippen molar-refractivity contribution >= 4 is 5.97 Å². The first-order chi connectivity index (χ1) is 13.8. The zero-order valence-corrected chi connectivity index (χ0v) is 19.3. The summed E-state index contributed by atoms with van der Waals surface area (Å²) in [6.45, 7) is 8.09. The predicted octanol–water partition coefficient (Wildman–Crippen LogP) is 6.14. The summed E-state index contributed by atoms with van der Waals surface area (Å²) in [6.07, 6.45) is 17.0. The highest BCUT2D eigenvalue weighted by molar-refractivity contribution is 5.69. The van der Waals surface area contributed by atoms with Gasteiger partial charge in [0, 0.05) is 6.04 Å². The Balaban J connectivity index is 1.44. The number of allylic oxidation sites excluding steroid dienone is 2. The fraction of sp³-hybridized carbons (Fsp3) is 0.885.